The lowest BCUT2D eigenvalue weighted by Gasteiger charge is -2.28. The Morgan fingerprint density at radius 1 is 1.62 bits per heavy atom. The predicted molar refractivity (Wildman–Crippen MR) is 62.4 cm³/mol. The van der Waals surface area contributed by atoms with Gasteiger partial charge in [-0.05, 0) is 39.2 Å². The van der Waals surface area contributed by atoms with Gasteiger partial charge in [0, 0.05) is 19.7 Å². The fraction of sp³-hybridized carbons (Fsp3) is 0.909. The number of aliphatic hydroxyl groups is 1. The number of hydrazine groups is 1. The zero-order valence-corrected chi connectivity index (χ0v) is 10.2. The Bertz CT molecular complexity index is 243. The Morgan fingerprint density at radius 3 is 2.88 bits per heavy atom. The minimum absolute atomic E-state index is 0.127. The molecule has 4 N–H and O–H groups in total. The van der Waals surface area contributed by atoms with Crippen LogP contribution in [0.4, 0.5) is 0 Å². The van der Waals surface area contributed by atoms with Crippen molar-refractivity contribution in [2.75, 3.05) is 26.2 Å². The second kappa shape index (κ2) is 5.61. The van der Waals surface area contributed by atoms with Crippen molar-refractivity contribution in [2.24, 2.45) is 17.2 Å². The molecule has 0 radical (unpaired) electrons. The van der Waals surface area contributed by atoms with E-state index < -0.39 is 5.41 Å². The first kappa shape index (κ1) is 13.4. The van der Waals surface area contributed by atoms with E-state index in [1.807, 2.05) is 13.8 Å². The molecule has 1 amide bonds. The molecular weight excluding hydrogens is 206 g/mol. The fourth-order valence-electron chi connectivity index (χ4n) is 2.30. The van der Waals surface area contributed by atoms with E-state index in [1.54, 1.807) is 0 Å². The Labute approximate surface area is 97.0 Å². The molecule has 1 atom stereocenters. The Morgan fingerprint density at radius 2 is 2.31 bits per heavy atom. The van der Waals surface area contributed by atoms with E-state index in [4.69, 9.17) is 10.9 Å². The molecule has 0 aliphatic carbocycles. The van der Waals surface area contributed by atoms with Crippen LogP contribution < -0.4 is 11.3 Å². The van der Waals surface area contributed by atoms with Gasteiger partial charge < -0.3 is 10.0 Å². The van der Waals surface area contributed by atoms with Crippen molar-refractivity contribution in [3.63, 3.8) is 0 Å². The molecule has 1 heterocycles. The van der Waals surface area contributed by atoms with Gasteiger partial charge in [-0.3, -0.25) is 10.2 Å². The number of aliphatic hydroxyl groups excluding tert-OH is 1. The minimum Gasteiger partial charge on any atom is -0.396 e. The zero-order valence-electron chi connectivity index (χ0n) is 10.2. The molecule has 5 heteroatoms. The van der Waals surface area contributed by atoms with Crippen LogP contribution >= 0.6 is 0 Å². The molecule has 0 saturated carbocycles. The fourth-order valence-corrected chi connectivity index (χ4v) is 2.30. The van der Waals surface area contributed by atoms with Crippen LogP contribution in [-0.2, 0) is 4.79 Å². The van der Waals surface area contributed by atoms with Crippen molar-refractivity contribution in [2.45, 2.75) is 26.7 Å². The number of hydrogen-bond acceptors (Lipinski definition) is 4. The predicted octanol–water partition coefficient (Wildman–Crippen LogP) is -0.293. The van der Waals surface area contributed by atoms with Crippen LogP contribution in [0.5, 0.6) is 0 Å². The molecule has 0 aromatic rings. The monoisotopic (exact) mass is 229 g/mol. The van der Waals surface area contributed by atoms with Gasteiger partial charge in [0.25, 0.3) is 0 Å². The summed E-state index contributed by atoms with van der Waals surface area (Å²) >= 11 is 0. The maximum absolute atomic E-state index is 11.5. The summed E-state index contributed by atoms with van der Waals surface area (Å²) in [5.41, 5.74) is 1.75. The van der Waals surface area contributed by atoms with Gasteiger partial charge in [-0.2, -0.15) is 0 Å². The normalized spacial score (nSPS) is 22.4. The highest BCUT2D eigenvalue weighted by atomic mass is 16.3. The Hall–Kier alpha value is -0.650. The molecule has 16 heavy (non-hydrogen) atoms. The topological polar surface area (TPSA) is 78.6 Å². The lowest BCUT2D eigenvalue weighted by Crippen LogP contribution is -2.46. The summed E-state index contributed by atoms with van der Waals surface area (Å²) < 4.78 is 0. The van der Waals surface area contributed by atoms with Crippen LogP contribution in [0.1, 0.15) is 26.7 Å². The molecule has 1 unspecified atom stereocenters. The molecule has 94 valence electrons. The van der Waals surface area contributed by atoms with E-state index in [-0.39, 0.29) is 12.5 Å². The van der Waals surface area contributed by atoms with Crippen molar-refractivity contribution in [3.05, 3.63) is 0 Å². The number of likely N-dealkylation sites (tertiary alicyclic amines) is 1. The molecule has 1 aliphatic heterocycles. The molecule has 0 aromatic heterocycles. The number of nitrogens with two attached hydrogens (primary N) is 1. The lowest BCUT2D eigenvalue weighted by atomic mass is 9.92. The largest absolute Gasteiger partial charge is 0.396 e. The van der Waals surface area contributed by atoms with Gasteiger partial charge in [0.15, 0.2) is 0 Å². The summed E-state index contributed by atoms with van der Waals surface area (Å²) in [7, 11) is 0. The third kappa shape index (κ3) is 3.43. The van der Waals surface area contributed by atoms with Gasteiger partial charge in [-0.25, -0.2) is 5.84 Å². The van der Waals surface area contributed by atoms with E-state index in [0.29, 0.717) is 5.92 Å². The second-order valence-electron chi connectivity index (χ2n) is 5.26. The summed E-state index contributed by atoms with van der Waals surface area (Å²) in [5, 5.41) is 8.87. The Kier molecular flexibility index (Phi) is 4.70. The maximum Gasteiger partial charge on any atom is 0.240 e. The third-order valence-electron chi connectivity index (χ3n) is 3.27. The van der Waals surface area contributed by atoms with Crippen molar-refractivity contribution < 1.29 is 9.90 Å². The number of hydrogen-bond donors (Lipinski definition) is 3. The molecule has 5 nitrogen and oxygen atoms in total. The van der Waals surface area contributed by atoms with E-state index in [2.05, 4.69) is 10.3 Å². The number of nitrogens with one attached hydrogen (secondary N) is 1. The smallest absolute Gasteiger partial charge is 0.240 e. The van der Waals surface area contributed by atoms with Gasteiger partial charge in [-0.1, -0.05) is 0 Å². The van der Waals surface area contributed by atoms with Crippen molar-refractivity contribution in [1.82, 2.24) is 10.3 Å². The van der Waals surface area contributed by atoms with Gasteiger partial charge in [-0.15, -0.1) is 0 Å². The molecule has 1 fully saturated rings. The highest BCUT2D eigenvalue weighted by Crippen LogP contribution is 2.24. The van der Waals surface area contributed by atoms with Crippen LogP contribution in [0.2, 0.25) is 0 Å². The molecule has 1 saturated heterocycles. The van der Waals surface area contributed by atoms with Crippen LogP contribution in [0.3, 0.4) is 0 Å². The number of rotatable bonds is 5. The van der Waals surface area contributed by atoms with E-state index in [0.717, 1.165) is 32.5 Å². The highest BCUT2D eigenvalue weighted by molar-refractivity contribution is 5.81. The standard InChI is InChI=1S/C11H23N3O2/c1-11(2,10(16)13-12)8-14-5-3-9(7-14)4-6-15/h9,15H,3-8,12H2,1-2H3,(H,13,16). The van der Waals surface area contributed by atoms with Crippen LogP contribution in [0.25, 0.3) is 0 Å². The molecular formula is C11H23N3O2. The maximum atomic E-state index is 11.5. The van der Waals surface area contributed by atoms with E-state index >= 15 is 0 Å². The quantitative estimate of drug-likeness (QED) is 0.344. The van der Waals surface area contributed by atoms with Gasteiger partial charge in [0.1, 0.15) is 0 Å². The van der Waals surface area contributed by atoms with Gasteiger partial charge in [0.2, 0.25) is 5.91 Å². The first-order chi connectivity index (χ1) is 7.49. The number of nitrogens with zero attached hydrogens (tertiary/aromatic N) is 1. The first-order valence-electron chi connectivity index (χ1n) is 5.84. The number of carbonyl (C=O) groups is 1. The van der Waals surface area contributed by atoms with Crippen molar-refractivity contribution in [3.8, 4) is 0 Å². The molecule has 0 bridgehead atoms. The Balaban J connectivity index is 2.41. The van der Waals surface area contributed by atoms with Crippen LogP contribution in [0, 0.1) is 11.3 Å². The van der Waals surface area contributed by atoms with Crippen molar-refractivity contribution in [1.29, 1.82) is 0 Å². The third-order valence-corrected chi connectivity index (χ3v) is 3.27. The van der Waals surface area contributed by atoms with E-state index in [1.165, 1.54) is 0 Å². The van der Waals surface area contributed by atoms with Gasteiger partial charge >= 0.3 is 0 Å². The summed E-state index contributed by atoms with van der Waals surface area (Å²) in [4.78, 5) is 13.8. The average molecular weight is 229 g/mol. The lowest BCUT2D eigenvalue weighted by molar-refractivity contribution is -0.130. The highest BCUT2D eigenvalue weighted by Gasteiger charge is 2.32. The minimum atomic E-state index is -0.456. The van der Waals surface area contributed by atoms with Gasteiger partial charge in [0.05, 0.1) is 5.41 Å². The molecule has 0 spiro atoms. The summed E-state index contributed by atoms with van der Waals surface area (Å²) in [6.07, 6.45) is 1.97. The number of carbonyl (C=O) groups excluding carboxylic acids is 1. The van der Waals surface area contributed by atoms with Crippen LogP contribution in [0.15, 0.2) is 0 Å². The molecule has 1 aliphatic rings. The SMILES string of the molecule is CC(C)(CN1CCC(CCO)C1)C(=O)NN. The zero-order chi connectivity index (χ0) is 12.2. The summed E-state index contributed by atoms with van der Waals surface area (Å²) in [6, 6.07) is 0. The van der Waals surface area contributed by atoms with Crippen LogP contribution in [-0.4, -0.2) is 42.2 Å². The molecule has 1 rings (SSSR count). The second-order valence-corrected chi connectivity index (χ2v) is 5.26. The molecule has 0 aromatic carbocycles. The van der Waals surface area contributed by atoms with Crippen molar-refractivity contribution >= 4 is 5.91 Å². The summed E-state index contributed by atoms with van der Waals surface area (Å²) in [6.45, 7) is 6.75. The van der Waals surface area contributed by atoms with E-state index in [9.17, 15) is 4.79 Å². The number of amides is 1. The average Bonchev–Trinajstić information content (AvgIpc) is 2.64. The summed E-state index contributed by atoms with van der Waals surface area (Å²) in [5.74, 6) is 5.60. The first-order valence-corrected chi connectivity index (χ1v) is 5.84.